The van der Waals surface area contributed by atoms with Crippen molar-refractivity contribution in [3.63, 3.8) is 0 Å². The Balaban J connectivity index is 2.00. The minimum atomic E-state index is -4.15. The molecule has 0 aliphatic heterocycles. The van der Waals surface area contributed by atoms with Crippen LogP contribution < -0.4 is 0 Å². The average Bonchev–Trinajstić information content (AvgIpc) is 3.05. The summed E-state index contributed by atoms with van der Waals surface area (Å²) in [7, 11) is -7.97. The van der Waals surface area contributed by atoms with E-state index in [0.717, 1.165) is 11.1 Å². The fourth-order valence-corrected chi connectivity index (χ4v) is 4.91. The van der Waals surface area contributed by atoms with Crippen LogP contribution in [0.3, 0.4) is 0 Å². The van der Waals surface area contributed by atoms with E-state index in [1.165, 1.54) is 24.3 Å². The number of nitriles is 1. The number of sulfone groups is 2. The smallest absolute Gasteiger partial charge is 0.261 e. The Labute approximate surface area is 163 Å². The van der Waals surface area contributed by atoms with Crippen LogP contribution in [0.2, 0.25) is 0 Å². The van der Waals surface area contributed by atoms with Gasteiger partial charge in [0.25, 0.3) is 5.09 Å². The number of oxazole rings is 1. The Kier molecular flexibility index (Phi) is 5.10. The standard InChI is InChI=1S/C19H16N2O5S2/c1-13-3-7-15(8-4-13)27(22,23)12-18-21-17(11-20)19(26-18)28(24,25)16-9-5-14(2)6-10-16/h3-10H,12H2,1-2H3. The van der Waals surface area contributed by atoms with E-state index in [1.807, 2.05) is 6.92 Å². The van der Waals surface area contributed by atoms with Crippen molar-refractivity contribution in [2.75, 3.05) is 0 Å². The molecule has 1 heterocycles. The summed E-state index contributed by atoms with van der Waals surface area (Å²) in [6.07, 6.45) is 0. The topological polar surface area (TPSA) is 118 Å². The summed E-state index contributed by atoms with van der Waals surface area (Å²) in [6, 6.07) is 13.8. The van der Waals surface area contributed by atoms with Gasteiger partial charge in [-0.25, -0.2) is 21.8 Å². The summed E-state index contributed by atoms with van der Waals surface area (Å²) in [5.41, 5.74) is 1.28. The number of rotatable bonds is 5. The molecule has 3 rings (SSSR count). The molecule has 0 fully saturated rings. The van der Waals surface area contributed by atoms with Gasteiger partial charge >= 0.3 is 0 Å². The molecule has 3 aromatic rings. The Morgan fingerprint density at radius 2 is 1.39 bits per heavy atom. The average molecular weight is 416 g/mol. The van der Waals surface area contributed by atoms with Crippen LogP contribution in [0.4, 0.5) is 0 Å². The molecule has 0 unspecified atom stereocenters. The molecular weight excluding hydrogens is 400 g/mol. The van der Waals surface area contributed by atoms with E-state index in [9.17, 15) is 22.1 Å². The molecule has 0 saturated carbocycles. The highest BCUT2D eigenvalue weighted by Gasteiger charge is 2.30. The largest absolute Gasteiger partial charge is 0.426 e. The fourth-order valence-electron chi connectivity index (χ4n) is 2.48. The van der Waals surface area contributed by atoms with Crippen LogP contribution in [0.1, 0.15) is 22.7 Å². The molecule has 0 radical (unpaired) electrons. The number of aryl methyl sites for hydroxylation is 2. The Morgan fingerprint density at radius 1 is 0.893 bits per heavy atom. The lowest BCUT2D eigenvalue weighted by Gasteiger charge is -2.03. The van der Waals surface area contributed by atoms with Crippen LogP contribution in [0.25, 0.3) is 0 Å². The molecule has 0 aliphatic rings. The first-order valence-electron chi connectivity index (χ1n) is 8.14. The van der Waals surface area contributed by atoms with Crippen molar-refractivity contribution in [2.24, 2.45) is 0 Å². The lowest BCUT2D eigenvalue weighted by atomic mass is 10.2. The lowest BCUT2D eigenvalue weighted by Crippen LogP contribution is -2.05. The van der Waals surface area contributed by atoms with Gasteiger partial charge in [-0.15, -0.1) is 0 Å². The van der Waals surface area contributed by atoms with E-state index in [-0.39, 0.29) is 15.7 Å². The Bertz CT molecular complexity index is 1270. The van der Waals surface area contributed by atoms with Crippen LogP contribution in [0.15, 0.2) is 67.8 Å². The van der Waals surface area contributed by atoms with Crippen LogP contribution in [-0.2, 0) is 25.4 Å². The van der Waals surface area contributed by atoms with Crippen molar-refractivity contribution in [1.29, 1.82) is 5.26 Å². The zero-order valence-electron chi connectivity index (χ0n) is 15.1. The maximum Gasteiger partial charge on any atom is 0.261 e. The molecule has 0 N–H and O–H groups in total. The third-order valence-corrected chi connectivity index (χ3v) is 7.29. The molecule has 0 amide bonds. The van der Waals surface area contributed by atoms with Crippen molar-refractivity contribution in [3.8, 4) is 6.07 Å². The van der Waals surface area contributed by atoms with Gasteiger partial charge in [-0.05, 0) is 38.1 Å². The van der Waals surface area contributed by atoms with Crippen molar-refractivity contribution >= 4 is 19.7 Å². The SMILES string of the molecule is Cc1ccc(S(=O)(=O)Cc2nc(C#N)c(S(=O)(=O)c3ccc(C)cc3)o2)cc1. The summed E-state index contributed by atoms with van der Waals surface area (Å²) >= 11 is 0. The van der Waals surface area contributed by atoms with Crippen molar-refractivity contribution in [2.45, 2.75) is 34.5 Å². The van der Waals surface area contributed by atoms with Gasteiger partial charge in [0.15, 0.2) is 15.5 Å². The second-order valence-electron chi connectivity index (χ2n) is 6.24. The van der Waals surface area contributed by atoms with E-state index in [4.69, 9.17) is 4.42 Å². The van der Waals surface area contributed by atoms with E-state index < -0.39 is 36.2 Å². The minimum absolute atomic E-state index is 0.0535. The predicted octanol–water partition coefficient (Wildman–Crippen LogP) is 2.97. The van der Waals surface area contributed by atoms with Gasteiger partial charge in [-0.2, -0.15) is 5.26 Å². The molecule has 0 aliphatic carbocycles. The highest BCUT2D eigenvalue weighted by Crippen LogP contribution is 2.27. The van der Waals surface area contributed by atoms with E-state index >= 15 is 0 Å². The first-order chi connectivity index (χ1) is 13.1. The molecule has 1 aromatic heterocycles. The molecule has 28 heavy (non-hydrogen) atoms. The van der Waals surface area contributed by atoms with Gasteiger partial charge in [-0.1, -0.05) is 35.4 Å². The monoisotopic (exact) mass is 416 g/mol. The first-order valence-corrected chi connectivity index (χ1v) is 11.3. The van der Waals surface area contributed by atoms with Gasteiger partial charge in [0.2, 0.25) is 15.7 Å². The van der Waals surface area contributed by atoms with Gasteiger partial charge in [0.1, 0.15) is 11.8 Å². The zero-order valence-corrected chi connectivity index (χ0v) is 16.7. The number of hydrogen-bond donors (Lipinski definition) is 0. The van der Waals surface area contributed by atoms with Gasteiger partial charge in [0.05, 0.1) is 9.79 Å². The molecule has 0 spiro atoms. The van der Waals surface area contributed by atoms with Crippen LogP contribution >= 0.6 is 0 Å². The second kappa shape index (κ2) is 7.22. The third-order valence-electron chi connectivity index (χ3n) is 4.02. The maximum atomic E-state index is 12.8. The first kappa shape index (κ1) is 19.8. The third kappa shape index (κ3) is 3.83. The highest BCUT2D eigenvalue weighted by atomic mass is 32.2. The number of aromatic nitrogens is 1. The quantitative estimate of drug-likeness (QED) is 0.627. The van der Waals surface area contributed by atoms with Crippen molar-refractivity contribution in [1.82, 2.24) is 4.98 Å². The molecule has 144 valence electrons. The molecule has 9 heteroatoms. The molecule has 2 aromatic carbocycles. The fraction of sp³-hybridized carbons (Fsp3) is 0.158. The van der Waals surface area contributed by atoms with E-state index in [0.29, 0.717) is 0 Å². The highest BCUT2D eigenvalue weighted by molar-refractivity contribution is 7.91. The molecular formula is C19H16N2O5S2. The predicted molar refractivity (Wildman–Crippen MR) is 99.9 cm³/mol. The van der Waals surface area contributed by atoms with Gasteiger partial charge in [-0.3, -0.25) is 0 Å². The van der Waals surface area contributed by atoms with Crippen LogP contribution in [0, 0.1) is 25.2 Å². The summed E-state index contributed by atoms with van der Waals surface area (Å²) in [4.78, 5) is 3.76. The normalized spacial score (nSPS) is 11.9. The Hall–Kier alpha value is -2.96. The number of benzene rings is 2. The number of nitrogens with zero attached hydrogens (tertiary/aromatic N) is 2. The van der Waals surface area contributed by atoms with E-state index in [2.05, 4.69) is 4.98 Å². The van der Waals surface area contributed by atoms with Crippen molar-refractivity contribution < 1.29 is 21.3 Å². The molecule has 0 saturated heterocycles. The summed E-state index contributed by atoms with van der Waals surface area (Å²) < 4.78 is 55.9. The minimum Gasteiger partial charge on any atom is -0.426 e. The second-order valence-corrected chi connectivity index (χ2v) is 10.1. The Morgan fingerprint density at radius 3 is 1.89 bits per heavy atom. The zero-order chi connectivity index (χ0) is 20.5. The van der Waals surface area contributed by atoms with Crippen LogP contribution in [-0.4, -0.2) is 21.8 Å². The summed E-state index contributed by atoms with van der Waals surface area (Å²) in [5.74, 6) is -1.02. The lowest BCUT2D eigenvalue weighted by molar-refractivity contribution is 0.416. The molecule has 0 atom stereocenters. The van der Waals surface area contributed by atoms with Gasteiger partial charge in [0, 0.05) is 0 Å². The van der Waals surface area contributed by atoms with E-state index in [1.54, 1.807) is 37.3 Å². The summed E-state index contributed by atoms with van der Waals surface area (Å²) in [6.45, 7) is 3.63. The molecule has 7 nitrogen and oxygen atoms in total. The van der Waals surface area contributed by atoms with Crippen LogP contribution in [0.5, 0.6) is 0 Å². The number of hydrogen-bond acceptors (Lipinski definition) is 7. The molecule has 0 bridgehead atoms. The van der Waals surface area contributed by atoms with Gasteiger partial charge < -0.3 is 4.42 Å². The van der Waals surface area contributed by atoms with Crippen molar-refractivity contribution in [3.05, 3.63) is 71.2 Å². The summed E-state index contributed by atoms with van der Waals surface area (Å²) in [5, 5.41) is 8.59. The maximum absolute atomic E-state index is 12.8.